The Labute approximate surface area is 118 Å². The summed E-state index contributed by atoms with van der Waals surface area (Å²) in [6, 6.07) is 17.7. The van der Waals surface area contributed by atoms with Crippen LogP contribution in [0.25, 0.3) is 0 Å². The van der Waals surface area contributed by atoms with Crippen LogP contribution >= 0.6 is 0 Å². The lowest BCUT2D eigenvalue weighted by molar-refractivity contribution is -0.108. The van der Waals surface area contributed by atoms with Crippen molar-refractivity contribution in [3.63, 3.8) is 0 Å². The number of carbonyl (C=O) groups is 1. The van der Waals surface area contributed by atoms with Crippen LogP contribution in [-0.4, -0.2) is 20.0 Å². The minimum atomic E-state index is -3.46. The molecule has 3 rings (SSSR count). The van der Waals surface area contributed by atoms with Gasteiger partial charge in [0.15, 0.2) is 9.84 Å². The van der Waals surface area contributed by atoms with Crippen LogP contribution in [0.1, 0.15) is 11.5 Å². The van der Waals surface area contributed by atoms with E-state index in [1.165, 1.54) is 0 Å². The summed E-state index contributed by atoms with van der Waals surface area (Å²) >= 11 is 0. The van der Waals surface area contributed by atoms with E-state index in [1.807, 2.05) is 30.3 Å². The van der Waals surface area contributed by atoms with Gasteiger partial charge in [0.2, 0.25) is 0 Å². The largest absolute Gasteiger partial charge is 0.303 e. The number of rotatable bonds is 4. The van der Waals surface area contributed by atoms with Crippen molar-refractivity contribution >= 4 is 16.1 Å². The highest BCUT2D eigenvalue weighted by molar-refractivity contribution is 7.92. The molecule has 0 aliphatic heterocycles. The molecule has 1 aliphatic carbocycles. The Morgan fingerprint density at radius 1 is 0.850 bits per heavy atom. The average Bonchev–Trinajstić information content (AvgIpc) is 3.24. The molecule has 3 nitrogen and oxygen atoms in total. The summed E-state index contributed by atoms with van der Waals surface area (Å²) in [6.45, 7) is 0. The van der Waals surface area contributed by atoms with Crippen molar-refractivity contribution in [3.05, 3.63) is 66.2 Å². The topological polar surface area (TPSA) is 51.2 Å². The van der Waals surface area contributed by atoms with Crippen LogP contribution in [0, 0.1) is 5.92 Å². The quantitative estimate of drug-likeness (QED) is 0.811. The van der Waals surface area contributed by atoms with Crippen molar-refractivity contribution in [1.82, 2.24) is 0 Å². The molecule has 0 saturated heterocycles. The predicted octanol–water partition coefficient (Wildman–Crippen LogP) is 2.44. The monoisotopic (exact) mass is 286 g/mol. The number of benzene rings is 2. The van der Waals surface area contributed by atoms with Crippen molar-refractivity contribution in [1.29, 1.82) is 0 Å². The first kappa shape index (κ1) is 13.1. The molecule has 0 unspecified atom stereocenters. The van der Waals surface area contributed by atoms with Crippen LogP contribution in [0.3, 0.4) is 0 Å². The van der Waals surface area contributed by atoms with Gasteiger partial charge in [-0.1, -0.05) is 48.5 Å². The Morgan fingerprint density at radius 3 is 1.95 bits per heavy atom. The molecular weight excluding hydrogens is 272 g/mol. The highest BCUT2D eigenvalue weighted by atomic mass is 32.2. The minimum absolute atomic E-state index is 0.223. The zero-order valence-electron chi connectivity index (χ0n) is 10.7. The van der Waals surface area contributed by atoms with E-state index in [4.69, 9.17) is 0 Å². The maximum atomic E-state index is 12.6. The molecule has 2 aromatic rings. The van der Waals surface area contributed by atoms with Gasteiger partial charge in [0.25, 0.3) is 0 Å². The summed E-state index contributed by atoms with van der Waals surface area (Å²) in [5.41, 5.74) is 0.911. The lowest BCUT2D eigenvalue weighted by atomic mass is 10.1. The second-order valence-electron chi connectivity index (χ2n) is 4.97. The van der Waals surface area contributed by atoms with Crippen LogP contribution < -0.4 is 0 Å². The summed E-state index contributed by atoms with van der Waals surface area (Å²) in [6.07, 6.45) is 0.767. The molecule has 20 heavy (non-hydrogen) atoms. The van der Waals surface area contributed by atoms with E-state index in [9.17, 15) is 13.2 Å². The van der Waals surface area contributed by atoms with Crippen LogP contribution in [0.4, 0.5) is 0 Å². The number of aldehydes is 1. The lowest BCUT2D eigenvalue weighted by Crippen LogP contribution is -2.10. The van der Waals surface area contributed by atoms with Gasteiger partial charge in [0.05, 0.1) is 10.1 Å². The molecule has 4 heteroatoms. The number of hydrogen-bond donors (Lipinski definition) is 0. The van der Waals surface area contributed by atoms with E-state index in [0.29, 0.717) is 0 Å². The molecule has 1 aliphatic rings. The predicted molar refractivity (Wildman–Crippen MR) is 76.2 cm³/mol. The van der Waals surface area contributed by atoms with Gasteiger partial charge in [0, 0.05) is 11.8 Å². The lowest BCUT2D eigenvalue weighted by Gasteiger charge is -2.03. The van der Waals surface area contributed by atoms with E-state index >= 15 is 0 Å². The van der Waals surface area contributed by atoms with E-state index < -0.39 is 21.0 Å². The zero-order valence-corrected chi connectivity index (χ0v) is 11.5. The fourth-order valence-corrected chi connectivity index (χ4v) is 4.85. The van der Waals surface area contributed by atoms with Crippen molar-refractivity contribution < 1.29 is 13.2 Å². The summed E-state index contributed by atoms with van der Waals surface area (Å²) in [4.78, 5) is 11.5. The highest BCUT2D eigenvalue weighted by Crippen LogP contribution is 2.52. The summed E-state index contributed by atoms with van der Waals surface area (Å²) in [5.74, 6) is -0.665. The maximum Gasteiger partial charge on any atom is 0.182 e. The van der Waals surface area contributed by atoms with Gasteiger partial charge in [-0.3, -0.25) is 0 Å². The maximum absolute atomic E-state index is 12.6. The molecule has 1 saturated carbocycles. The van der Waals surface area contributed by atoms with E-state index in [2.05, 4.69) is 0 Å². The number of hydrogen-bond acceptors (Lipinski definition) is 3. The molecule has 0 aromatic heterocycles. The first-order valence-electron chi connectivity index (χ1n) is 6.45. The Morgan fingerprint density at radius 2 is 1.40 bits per heavy atom. The highest BCUT2D eigenvalue weighted by Gasteiger charge is 2.58. The van der Waals surface area contributed by atoms with Gasteiger partial charge >= 0.3 is 0 Å². The fraction of sp³-hybridized carbons (Fsp3) is 0.188. The second kappa shape index (κ2) is 4.87. The summed E-state index contributed by atoms with van der Waals surface area (Å²) in [5, 5.41) is -0.634. The first-order valence-corrected chi connectivity index (χ1v) is 8.00. The Kier molecular flexibility index (Phi) is 3.18. The third-order valence-corrected chi connectivity index (χ3v) is 6.03. The first-order chi connectivity index (χ1) is 9.66. The third-order valence-electron chi connectivity index (χ3n) is 3.78. The van der Waals surface area contributed by atoms with Crippen molar-refractivity contribution in [2.24, 2.45) is 5.92 Å². The molecule has 0 N–H and O–H groups in total. The third kappa shape index (κ3) is 2.06. The van der Waals surface area contributed by atoms with Crippen LogP contribution in [0.15, 0.2) is 65.6 Å². The van der Waals surface area contributed by atoms with Gasteiger partial charge in [-0.15, -0.1) is 0 Å². The van der Waals surface area contributed by atoms with Gasteiger partial charge in [-0.2, -0.15) is 0 Å². The molecule has 0 radical (unpaired) electrons. The Hall–Kier alpha value is -1.94. The van der Waals surface area contributed by atoms with Gasteiger partial charge in [-0.05, 0) is 17.7 Å². The van der Waals surface area contributed by atoms with Crippen LogP contribution in [0.2, 0.25) is 0 Å². The molecule has 0 amide bonds. The zero-order chi connectivity index (χ0) is 14.2. The molecule has 102 valence electrons. The van der Waals surface area contributed by atoms with Gasteiger partial charge in [-0.25, -0.2) is 8.42 Å². The van der Waals surface area contributed by atoms with E-state index in [0.717, 1.165) is 11.8 Å². The molecule has 0 spiro atoms. The normalized spacial score (nSPS) is 25.1. The standard InChI is InChI=1S/C16H14O3S/c17-11-14-15(12-7-3-1-4-8-12)16(14)20(18,19)13-9-5-2-6-10-13/h1-11,14-16H/t14-,15+,16+/m1/s1. The second-order valence-corrected chi connectivity index (χ2v) is 7.08. The Balaban J connectivity index is 1.97. The van der Waals surface area contributed by atoms with E-state index in [1.54, 1.807) is 30.3 Å². The molecule has 3 atom stereocenters. The average molecular weight is 286 g/mol. The summed E-state index contributed by atoms with van der Waals surface area (Å²) < 4.78 is 25.2. The van der Waals surface area contributed by atoms with Gasteiger partial charge < -0.3 is 4.79 Å². The molecule has 2 aromatic carbocycles. The SMILES string of the molecule is O=C[C@@H]1[C@H](c2ccccc2)[C@H]1S(=O)(=O)c1ccccc1. The number of carbonyl (C=O) groups excluding carboxylic acids is 1. The van der Waals surface area contributed by atoms with Crippen LogP contribution in [-0.2, 0) is 14.6 Å². The Bertz CT molecular complexity index is 708. The van der Waals surface area contributed by atoms with Crippen molar-refractivity contribution in [2.75, 3.05) is 0 Å². The number of sulfone groups is 1. The fourth-order valence-electron chi connectivity index (χ4n) is 2.72. The minimum Gasteiger partial charge on any atom is -0.303 e. The molecule has 0 heterocycles. The van der Waals surface area contributed by atoms with Crippen molar-refractivity contribution in [2.45, 2.75) is 16.1 Å². The van der Waals surface area contributed by atoms with Gasteiger partial charge in [0.1, 0.15) is 6.29 Å². The van der Waals surface area contributed by atoms with E-state index in [-0.39, 0.29) is 10.8 Å². The molecule has 1 fully saturated rings. The smallest absolute Gasteiger partial charge is 0.182 e. The van der Waals surface area contributed by atoms with Crippen molar-refractivity contribution in [3.8, 4) is 0 Å². The summed E-state index contributed by atoms with van der Waals surface area (Å²) in [7, 11) is -3.46. The van der Waals surface area contributed by atoms with Crippen LogP contribution in [0.5, 0.6) is 0 Å². The molecule has 0 bridgehead atoms. The molecular formula is C16H14O3S.